The van der Waals surface area contributed by atoms with Crippen LogP contribution in [0.15, 0.2) is 52.1 Å². The van der Waals surface area contributed by atoms with Crippen molar-refractivity contribution < 1.29 is 17.9 Å². The molecule has 2 aromatic rings. The van der Waals surface area contributed by atoms with Crippen LogP contribution in [0.1, 0.15) is 39.2 Å². The first-order valence-corrected chi connectivity index (χ1v) is 11.8. The first kappa shape index (κ1) is 21.9. The number of hydrogen-bond donors (Lipinski definition) is 0. The molecule has 3 rings (SSSR count). The largest absolute Gasteiger partial charge is 0.423 e. The normalized spacial score (nSPS) is 16.6. The Morgan fingerprint density at radius 1 is 1.14 bits per heavy atom. The van der Waals surface area contributed by atoms with Crippen LogP contribution in [0.4, 0.5) is 0 Å². The van der Waals surface area contributed by atoms with Crippen LogP contribution in [-0.4, -0.2) is 36.8 Å². The predicted octanol–water partition coefficient (Wildman–Crippen LogP) is 4.15. The molecule has 0 N–H and O–H groups in total. The maximum atomic E-state index is 13.0. The first-order chi connectivity index (χ1) is 13.6. The van der Waals surface area contributed by atoms with Crippen molar-refractivity contribution in [1.82, 2.24) is 9.29 Å². The number of carbonyl (C=O) groups excluding carboxylic acids is 1. The van der Waals surface area contributed by atoms with Crippen LogP contribution >= 0.6 is 15.9 Å². The van der Waals surface area contributed by atoms with Gasteiger partial charge in [-0.05, 0) is 64.0 Å². The summed E-state index contributed by atoms with van der Waals surface area (Å²) in [5.74, 6) is -0.325. The van der Waals surface area contributed by atoms with Crippen molar-refractivity contribution in [3.05, 3.63) is 52.8 Å². The monoisotopic (exact) mass is 480 g/mol. The van der Waals surface area contributed by atoms with Gasteiger partial charge in [-0.25, -0.2) is 13.4 Å². The number of esters is 1. The number of hydrogen-bond acceptors (Lipinski definition) is 5. The molecular weight excluding hydrogens is 456 g/mol. The van der Waals surface area contributed by atoms with E-state index < -0.39 is 10.0 Å². The van der Waals surface area contributed by atoms with Gasteiger partial charge in [-0.15, -0.1) is 0 Å². The number of pyridine rings is 1. The van der Waals surface area contributed by atoms with Gasteiger partial charge in [-0.3, -0.25) is 4.79 Å². The van der Waals surface area contributed by atoms with Crippen molar-refractivity contribution in [2.45, 2.75) is 43.9 Å². The minimum absolute atomic E-state index is 0.0374. The number of carbonyl (C=O) groups is 1. The van der Waals surface area contributed by atoms with E-state index in [1.807, 2.05) is 12.1 Å². The zero-order valence-corrected chi connectivity index (χ0v) is 19.2. The average molecular weight is 481 g/mol. The van der Waals surface area contributed by atoms with Crippen molar-refractivity contribution in [1.29, 1.82) is 0 Å². The summed E-state index contributed by atoms with van der Waals surface area (Å²) in [6.45, 7) is 6.84. The van der Waals surface area contributed by atoms with E-state index in [0.717, 1.165) is 5.56 Å². The number of piperidine rings is 1. The Morgan fingerprint density at radius 2 is 1.76 bits per heavy atom. The molecule has 1 aromatic carbocycles. The lowest BCUT2D eigenvalue weighted by Crippen LogP contribution is -2.41. The zero-order chi connectivity index (χ0) is 21.2. The van der Waals surface area contributed by atoms with Gasteiger partial charge in [0.05, 0.1) is 10.8 Å². The van der Waals surface area contributed by atoms with Gasteiger partial charge in [0.25, 0.3) is 0 Å². The lowest BCUT2D eigenvalue weighted by Gasteiger charge is -2.30. The molecule has 156 valence electrons. The Labute approximate surface area is 180 Å². The maximum absolute atomic E-state index is 13.0. The fourth-order valence-corrected chi connectivity index (χ4v) is 5.05. The number of aromatic nitrogens is 1. The van der Waals surface area contributed by atoms with Gasteiger partial charge in [0.1, 0.15) is 4.60 Å². The van der Waals surface area contributed by atoms with Crippen molar-refractivity contribution in [3.8, 4) is 5.75 Å². The smallest absolute Gasteiger partial charge is 0.314 e. The van der Waals surface area contributed by atoms with Gasteiger partial charge in [0.2, 0.25) is 10.0 Å². The van der Waals surface area contributed by atoms with Gasteiger partial charge >= 0.3 is 5.97 Å². The van der Waals surface area contributed by atoms with Crippen LogP contribution in [-0.2, 0) is 20.2 Å². The summed E-state index contributed by atoms with van der Waals surface area (Å²) in [6, 6.07) is 10.4. The van der Waals surface area contributed by atoms with Crippen LogP contribution in [0, 0.1) is 5.92 Å². The molecule has 0 aliphatic carbocycles. The van der Waals surface area contributed by atoms with Gasteiger partial charge < -0.3 is 4.74 Å². The molecule has 0 bridgehead atoms. The lowest BCUT2D eigenvalue weighted by atomic mass is 9.87. The van der Waals surface area contributed by atoms with Crippen LogP contribution in [0.5, 0.6) is 5.75 Å². The van der Waals surface area contributed by atoms with E-state index in [9.17, 15) is 13.2 Å². The second-order valence-corrected chi connectivity index (χ2v) is 10.9. The minimum atomic E-state index is -3.58. The highest BCUT2D eigenvalue weighted by atomic mass is 79.9. The number of rotatable bonds is 4. The quantitative estimate of drug-likeness (QED) is 0.485. The van der Waals surface area contributed by atoms with Gasteiger partial charge in [-0.1, -0.05) is 32.9 Å². The van der Waals surface area contributed by atoms with Crippen molar-refractivity contribution in [2.75, 3.05) is 13.1 Å². The summed E-state index contributed by atoms with van der Waals surface area (Å²) in [5, 5.41) is 0. The zero-order valence-electron chi connectivity index (χ0n) is 16.8. The molecule has 0 amide bonds. The number of sulfonamides is 1. The number of benzene rings is 1. The van der Waals surface area contributed by atoms with Gasteiger partial charge in [-0.2, -0.15) is 4.31 Å². The fraction of sp³-hybridized carbons (Fsp3) is 0.429. The van der Waals surface area contributed by atoms with Crippen LogP contribution < -0.4 is 4.74 Å². The number of ether oxygens (including phenoxy) is 1. The molecule has 0 saturated carbocycles. The molecule has 1 aliphatic heterocycles. The van der Waals surface area contributed by atoms with Crippen LogP contribution in [0.2, 0.25) is 0 Å². The van der Waals surface area contributed by atoms with Crippen LogP contribution in [0.3, 0.4) is 0 Å². The molecule has 6 nitrogen and oxygen atoms in total. The molecule has 2 heterocycles. The molecular formula is C21H25BrN2O4S. The second kappa shape index (κ2) is 8.53. The Bertz CT molecular complexity index is 976. The Balaban J connectivity index is 1.63. The molecule has 0 unspecified atom stereocenters. The molecule has 1 fully saturated rings. The highest BCUT2D eigenvalue weighted by Crippen LogP contribution is 2.29. The highest BCUT2D eigenvalue weighted by molar-refractivity contribution is 9.10. The standard InChI is InChI=1S/C21H25BrN2O4S/c1-21(2,3)16-6-8-17(9-7-16)29(26,27)24-13-10-15(11-14-24)20(25)28-18-5-4-12-23-19(18)22/h4-9,12,15H,10-11,13-14H2,1-3H3. The SMILES string of the molecule is CC(C)(C)c1ccc(S(=O)(=O)N2CCC(C(=O)Oc3cccnc3Br)CC2)cc1. The third-order valence-corrected chi connectivity index (χ3v) is 7.59. The first-order valence-electron chi connectivity index (χ1n) is 9.52. The summed E-state index contributed by atoms with van der Waals surface area (Å²) < 4.78 is 33.2. The van der Waals surface area contributed by atoms with Crippen molar-refractivity contribution in [2.24, 2.45) is 5.92 Å². The summed E-state index contributed by atoms with van der Waals surface area (Å²) in [6.07, 6.45) is 2.45. The van der Waals surface area contributed by atoms with Gasteiger partial charge in [0.15, 0.2) is 5.75 Å². The lowest BCUT2D eigenvalue weighted by molar-refractivity contribution is -0.140. The third-order valence-electron chi connectivity index (χ3n) is 5.08. The summed E-state index contributed by atoms with van der Waals surface area (Å²) in [7, 11) is -3.58. The predicted molar refractivity (Wildman–Crippen MR) is 114 cm³/mol. The second-order valence-electron chi connectivity index (χ2n) is 8.17. The molecule has 0 atom stereocenters. The molecule has 1 aliphatic rings. The van der Waals surface area contributed by atoms with E-state index in [1.54, 1.807) is 30.5 Å². The summed E-state index contributed by atoms with van der Waals surface area (Å²) in [5.41, 5.74) is 1.05. The van der Waals surface area contributed by atoms with Crippen molar-refractivity contribution >= 4 is 31.9 Å². The van der Waals surface area contributed by atoms with E-state index in [0.29, 0.717) is 23.2 Å². The van der Waals surface area contributed by atoms with E-state index >= 15 is 0 Å². The fourth-order valence-electron chi connectivity index (χ4n) is 3.25. The van der Waals surface area contributed by atoms with Crippen LogP contribution in [0.25, 0.3) is 0 Å². The number of halogens is 1. The van der Waals surface area contributed by atoms with E-state index in [4.69, 9.17) is 4.74 Å². The molecule has 0 spiro atoms. The minimum Gasteiger partial charge on any atom is -0.423 e. The highest BCUT2D eigenvalue weighted by Gasteiger charge is 2.33. The average Bonchev–Trinajstić information content (AvgIpc) is 2.69. The molecule has 8 heteroatoms. The Morgan fingerprint density at radius 3 is 2.31 bits per heavy atom. The Hall–Kier alpha value is -1.77. The van der Waals surface area contributed by atoms with E-state index in [2.05, 4.69) is 41.7 Å². The maximum Gasteiger partial charge on any atom is 0.314 e. The van der Waals surface area contributed by atoms with E-state index in [1.165, 1.54) is 4.31 Å². The molecule has 1 saturated heterocycles. The summed E-state index contributed by atoms with van der Waals surface area (Å²) in [4.78, 5) is 16.8. The van der Waals surface area contributed by atoms with E-state index in [-0.39, 0.29) is 35.3 Å². The number of nitrogens with zero attached hydrogens (tertiary/aromatic N) is 2. The molecule has 1 aromatic heterocycles. The van der Waals surface area contributed by atoms with Gasteiger partial charge in [0, 0.05) is 19.3 Å². The molecule has 0 radical (unpaired) electrons. The van der Waals surface area contributed by atoms with Crippen molar-refractivity contribution in [3.63, 3.8) is 0 Å². The summed E-state index contributed by atoms with van der Waals surface area (Å²) >= 11 is 3.25. The molecule has 29 heavy (non-hydrogen) atoms. The Kier molecular flexibility index (Phi) is 6.45. The topological polar surface area (TPSA) is 76.6 Å². The third kappa shape index (κ3) is 5.05.